The van der Waals surface area contributed by atoms with Crippen molar-refractivity contribution in [1.82, 2.24) is 4.72 Å². The van der Waals surface area contributed by atoms with Crippen LogP contribution in [0.4, 0.5) is 5.69 Å². The quantitative estimate of drug-likeness (QED) is 0.640. The summed E-state index contributed by atoms with van der Waals surface area (Å²) in [7, 11) is 0.558. The summed E-state index contributed by atoms with van der Waals surface area (Å²) in [6, 6.07) is 9.22. The minimum Gasteiger partial charge on any atom is -0.497 e. The minimum atomic E-state index is -3.85. The van der Waals surface area contributed by atoms with Gasteiger partial charge in [-0.2, -0.15) is 0 Å². The van der Waals surface area contributed by atoms with Crippen LogP contribution in [0.2, 0.25) is 0 Å². The second kappa shape index (κ2) is 10.0. The van der Waals surface area contributed by atoms with Crippen LogP contribution in [0, 0.1) is 0 Å². The van der Waals surface area contributed by atoms with Gasteiger partial charge in [0.25, 0.3) is 5.91 Å². The standard InChI is InChI=1S/C22H28N2O6S/c1-28-17-10-12-19(29-2)18(14-17)23-22(25)15-9-11-20(30-3)21(13-15)31(26,27)24-16-7-5-4-6-8-16/h9-14,16,24H,4-8H2,1-3H3,(H,23,25). The van der Waals surface area contributed by atoms with Crippen molar-refractivity contribution in [2.75, 3.05) is 26.6 Å². The van der Waals surface area contributed by atoms with Crippen LogP contribution in [-0.4, -0.2) is 41.7 Å². The van der Waals surface area contributed by atoms with E-state index in [2.05, 4.69) is 10.0 Å². The second-order valence-corrected chi connectivity index (χ2v) is 9.02. The molecular formula is C22H28N2O6S. The first-order chi connectivity index (χ1) is 14.9. The molecule has 2 aromatic rings. The van der Waals surface area contributed by atoms with Crippen molar-refractivity contribution in [3.63, 3.8) is 0 Å². The number of amides is 1. The van der Waals surface area contributed by atoms with E-state index < -0.39 is 15.9 Å². The molecule has 0 atom stereocenters. The van der Waals surface area contributed by atoms with Crippen LogP contribution in [0.25, 0.3) is 0 Å². The lowest BCUT2D eigenvalue weighted by Crippen LogP contribution is -2.36. The van der Waals surface area contributed by atoms with Gasteiger partial charge in [-0.05, 0) is 43.2 Å². The van der Waals surface area contributed by atoms with Crippen molar-refractivity contribution < 1.29 is 27.4 Å². The van der Waals surface area contributed by atoms with Crippen LogP contribution in [0.15, 0.2) is 41.3 Å². The van der Waals surface area contributed by atoms with Crippen LogP contribution in [0.1, 0.15) is 42.5 Å². The fraction of sp³-hybridized carbons (Fsp3) is 0.409. The molecule has 1 saturated carbocycles. The van der Waals surface area contributed by atoms with E-state index in [1.165, 1.54) is 39.5 Å². The summed E-state index contributed by atoms with van der Waals surface area (Å²) in [6.45, 7) is 0. The zero-order chi connectivity index (χ0) is 22.4. The Labute approximate surface area is 182 Å². The van der Waals surface area contributed by atoms with Crippen LogP contribution in [0.3, 0.4) is 0 Å². The van der Waals surface area contributed by atoms with E-state index in [1.807, 2.05) is 0 Å². The molecule has 2 N–H and O–H groups in total. The number of rotatable bonds is 8. The number of benzene rings is 2. The van der Waals surface area contributed by atoms with E-state index in [4.69, 9.17) is 14.2 Å². The Morgan fingerprint density at radius 2 is 1.58 bits per heavy atom. The highest BCUT2D eigenvalue weighted by molar-refractivity contribution is 7.89. The minimum absolute atomic E-state index is 0.0640. The number of carbonyl (C=O) groups is 1. The Morgan fingerprint density at radius 1 is 0.903 bits per heavy atom. The molecule has 2 aromatic carbocycles. The first kappa shape index (κ1) is 22.9. The van der Waals surface area contributed by atoms with Gasteiger partial charge in [-0.15, -0.1) is 0 Å². The van der Waals surface area contributed by atoms with Crippen molar-refractivity contribution in [3.05, 3.63) is 42.0 Å². The highest BCUT2D eigenvalue weighted by Gasteiger charge is 2.26. The molecule has 168 valence electrons. The molecule has 0 saturated heterocycles. The van der Waals surface area contributed by atoms with E-state index in [-0.39, 0.29) is 22.3 Å². The molecule has 8 nitrogen and oxygen atoms in total. The lowest BCUT2D eigenvalue weighted by molar-refractivity contribution is 0.102. The summed E-state index contributed by atoms with van der Waals surface area (Å²) < 4.78 is 44.6. The molecule has 0 heterocycles. The predicted octanol–water partition coefficient (Wildman–Crippen LogP) is 3.58. The summed E-state index contributed by atoms with van der Waals surface area (Å²) in [6.07, 6.45) is 4.71. The zero-order valence-electron chi connectivity index (χ0n) is 17.9. The van der Waals surface area contributed by atoms with E-state index in [1.54, 1.807) is 18.2 Å². The molecule has 0 radical (unpaired) electrons. The lowest BCUT2D eigenvalue weighted by Gasteiger charge is -2.23. The third-order valence-electron chi connectivity index (χ3n) is 5.30. The highest BCUT2D eigenvalue weighted by atomic mass is 32.2. The van der Waals surface area contributed by atoms with E-state index in [0.717, 1.165) is 32.1 Å². The van der Waals surface area contributed by atoms with Crippen LogP contribution >= 0.6 is 0 Å². The molecule has 1 fully saturated rings. The van der Waals surface area contributed by atoms with E-state index in [0.29, 0.717) is 17.2 Å². The van der Waals surface area contributed by atoms with Crippen molar-refractivity contribution in [3.8, 4) is 17.2 Å². The van der Waals surface area contributed by atoms with Crippen LogP contribution < -0.4 is 24.2 Å². The Balaban J connectivity index is 1.88. The average Bonchev–Trinajstić information content (AvgIpc) is 2.78. The number of methoxy groups -OCH3 is 3. The van der Waals surface area contributed by atoms with Gasteiger partial charge in [0.15, 0.2) is 0 Å². The monoisotopic (exact) mass is 448 g/mol. The molecule has 0 aromatic heterocycles. The molecule has 0 unspecified atom stereocenters. The van der Waals surface area contributed by atoms with Crippen molar-refractivity contribution in [2.45, 2.75) is 43.0 Å². The lowest BCUT2D eigenvalue weighted by atomic mass is 9.96. The normalized spacial score (nSPS) is 14.7. The molecular weight excluding hydrogens is 420 g/mol. The van der Waals surface area contributed by atoms with Crippen LogP contribution in [0.5, 0.6) is 17.2 Å². The Morgan fingerprint density at radius 3 is 2.23 bits per heavy atom. The number of hydrogen-bond donors (Lipinski definition) is 2. The van der Waals surface area contributed by atoms with Gasteiger partial charge in [-0.3, -0.25) is 4.79 Å². The van der Waals surface area contributed by atoms with Gasteiger partial charge in [0, 0.05) is 17.7 Å². The van der Waals surface area contributed by atoms with Crippen molar-refractivity contribution >= 4 is 21.6 Å². The topological polar surface area (TPSA) is 103 Å². The van der Waals surface area contributed by atoms with Crippen molar-refractivity contribution in [2.24, 2.45) is 0 Å². The van der Waals surface area contributed by atoms with Crippen LogP contribution in [-0.2, 0) is 10.0 Å². The smallest absolute Gasteiger partial charge is 0.255 e. The predicted molar refractivity (Wildman–Crippen MR) is 118 cm³/mol. The maximum absolute atomic E-state index is 13.0. The molecule has 0 bridgehead atoms. The van der Waals surface area contributed by atoms with Gasteiger partial charge in [0.2, 0.25) is 10.0 Å². The molecule has 9 heteroatoms. The second-order valence-electron chi connectivity index (χ2n) is 7.34. The third kappa shape index (κ3) is 5.48. The molecule has 0 spiro atoms. The Bertz CT molecular complexity index is 1030. The molecule has 1 aliphatic rings. The van der Waals surface area contributed by atoms with Gasteiger partial charge < -0.3 is 19.5 Å². The highest BCUT2D eigenvalue weighted by Crippen LogP contribution is 2.31. The number of nitrogens with one attached hydrogen (secondary N) is 2. The number of anilines is 1. The zero-order valence-corrected chi connectivity index (χ0v) is 18.8. The molecule has 0 aliphatic heterocycles. The average molecular weight is 449 g/mol. The maximum Gasteiger partial charge on any atom is 0.255 e. The van der Waals surface area contributed by atoms with Crippen molar-refractivity contribution in [1.29, 1.82) is 0 Å². The SMILES string of the molecule is COc1ccc(OC)c(NC(=O)c2ccc(OC)c(S(=O)(=O)NC3CCCCC3)c2)c1. The molecule has 1 aliphatic carbocycles. The Hall–Kier alpha value is -2.78. The summed E-state index contributed by atoms with van der Waals surface area (Å²) in [5.41, 5.74) is 0.585. The summed E-state index contributed by atoms with van der Waals surface area (Å²) >= 11 is 0. The summed E-state index contributed by atoms with van der Waals surface area (Å²) in [5.74, 6) is 0.697. The summed E-state index contributed by atoms with van der Waals surface area (Å²) in [4.78, 5) is 12.8. The summed E-state index contributed by atoms with van der Waals surface area (Å²) in [5, 5.41) is 2.75. The van der Waals surface area contributed by atoms with Gasteiger partial charge in [0.05, 0.1) is 27.0 Å². The Kier molecular flexibility index (Phi) is 7.40. The van der Waals surface area contributed by atoms with Gasteiger partial charge in [-0.25, -0.2) is 13.1 Å². The number of sulfonamides is 1. The van der Waals surface area contributed by atoms with Gasteiger partial charge in [0.1, 0.15) is 22.1 Å². The van der Waals surface area contributed by atoms with E-state index >= 15 is 0 Å². The number of hydrogen-bond acceptors (Lipinski definition) is 6. The third-order valence-corrected chi connectivity index (χ3v) is 6.84. The van der Waals surface area contributed by atoms with E-state index in [9.17, 15) is 13.2 Å². The molecule has 31 heavy (non-hydrogen) atoms. The molecule has 1 amide bonds. The van der Waals surface area contributed by atoms with Gasteiger partial charge >= 0.3 is 0 Å². The first-order valence-corrected chi connectivity index (χ1v) is 11.6. The number of ether oxygens (including phenoxy) is 3. The number of carbonyl (C=O) groups excluding carboxylic acids is 1. The fourth-order valence-electron chi connectivity index (χ4n) is 3.64. The first-order valence-electron chi connectivity index (χ1n) is 10.1. The fourth-order valence-corrected chi connectivity index (χ4v) is 5.14. The maximum atomic E-state index is 13.0. The van der Waals surface area contributed by atoms with Gasteiger partial charge in [-0.1, -0.05) is 19.3 Å². The molecule has 3 rings (SSSR count). The largest absolute Gasteiger partial charge is 0.497 e.